The number of Topliss-reactive ketones (excluding diaryl/α,β-unsaturated/α-hetero) is 1. The summed E-state index contributed by atoms with van der Waals surface area (Å²) in [6.45, 7) is 1.43. The van der Waals surface area contributed by atoms with Crippen LogP contribution in [0.4, 0.5) is 13.2 Å². The van der Waals surface area contributed by atoms with Gasteiger partial charge in [0.15, 0.2) is 5.78 Å². The number of hydrogen-bond donors (Lipinski definition) is 0. The minimum Gasteiger partial charge on any atom is -0.338 e. The van der Waals surface area contributed by atoms with Crippen LogP contribution in [0, 0.1) is 0 Å². The van der Waals surface area contributed by atoms with Crippen LogP contribution in [-0.4, -0.2) is 69.5 Å². The lowest BCUT2D eigenvalue weighted by Gasteiger charge is -2.42. The number of pyridine rings is 1. The van der Waals surface area contributed by atoms with Crippen molar-refractivity contribution in [2.75, 3.05) is 27.2 Å². The number of hydrogen-bond acceptors (Lipinski definition) is 5. The van der Waals surface area contributed by atoms with E-state index in [1.54, 1.807) is 23.2 Å². The molecular formula is C22H21ClF3N5O2. The molecule has 1 aromatic carbocycles. The van der Waals surface area contributed by atoms with Crippen molar-refractivity contribution in [3.8, 4) is 0 Å². The van der Waals surface area contributed by atoms with Crippen molar-refractivity contribution in [3.63, 3.8) is 0 Å². The van der Waals surface area contributed by atoms with Gasteiger partial charge in [-0.05, 0) is 43.9 Å². The van der Waals surface area contributed by atoms with E-state index in [9.17, 15) is 22.8 Å². The number of carbonyl (C=O) groups excluding carboxylic acids is 2. The van der Waals surface area contributed by atoms with Gasteiger partial charge in [0.05, 0.1) is 5.52 Å². The highest BCUT2D eigenvalue weighted by atomic mass is 35.5. The van der Waals surface area contributed by atoms with Gasteiger partial charge in [-0.3, -0.25) is 14.3 Å². The van der Waals surface area contributed by atoms with Crippen LogP contribution < -0.4 is 0 Å². The molecule has 3 aromatic rings. The van der Waals surface area contributed by atoms with Crippen LogP contribution in [0.1, 0.15) is 21.7 Å². The summed E-state index contributed by atoms with van der Waals surface area (Å²) in [6.07, 6.45) is -3.17. The summed E-state index contributed by atoms with van der Waals surface area (Å²) < 4.78 is 40.2. The third kappa shape index (κ3) is 5.01. The van der Waals surface area contributed by atoms with Gasteiger partial charge in [0.25, 0.3) is 0 Å². The van der Waals surface area contributed by atoms with Gasteiger partial charge in [0, 0.05) is 42.2 Å². The number of ketones is 1. The summed E-state index contributed by atoms with van der Waals surface area (Å²) in [5.41, 5.74) is -0.417. The second-order valence-electron chi connectivity index (χ2n) is 8.25. The largest absolute Gasteiger partial charge is 0.433 e. The van der Waals surface area contributed by atoms with E-state index < -0.39 is 17.7 Å². The third-order valence-electron chi connectivity index (χ3n) is 5.64. The first-order valence-corrected chi connectivity index (χ1v) is 10.6. The van der Waals surface area contributed by atoms with Crippen LogP contribution in [0.3, 0.4) is 0 Å². The van der Waals surface area contributed by atoms with Crippen LogP contribution in [0.15, 0.2) is 36.5 Å². The lowest BCUT2D eigenvalue weighted by Crippen LogP contribution is -2.59. The Kier molecular flexibility index (Phi) is 6.15. The lowest BCUT2D eigenvalue weighted by atomic mass is 10.0. The zero-order valence-corrected chi connectivity index (χ0v) is 18.7. The minimum atomic E-state index is -4.64. The molecule has 1 fully saturated rings. The van der Waals surface area contributed by atoms with Crippen LogP contribution in [0.25, 0.3) is 10.9 Å². The Morgan fingerprint density at radius 2 is 1.94 bits per heavy atom. The first-order chi connectivity index (χ1) is 15.5. The molecule has 1 aliphatic rings. The summed E-state index contributed by atoms with van der Waals surface area (Å²) >= 11 is 6.30. The number of alkyl halides is 3. The summed E-state index contributed by atoms with van der Waals surface area (Å²) in [5.74, 6) is -0.629. The maximum atomic E-state index is 12.9. The summed E-state index contributed by atoms with van der Waals surface area (Å²) in [7, 11) is 3.95. The van der Waals surface area contributed by atoms with Crippen molar-refractivity contribution < 1.29 is 22.8 Å². The van der Waals surface area contributed by atoms with Crippen LogP contribution in [-0.2, 0) is 23.9 Å². The second kappa shape index (κ2) is 8.75. The molecule has 0 bridgehead atoms. The maximum absolute atomic E-state index is 12.9. The molecule has 0 unspecified atom stereocenters. The van der Waals surface area contributed by atoms with Gasteiger partial charge >= 0.3 is 6.18 Å². The number of aromatic nitrogens is 3. The Hall–Kier alpha value is -2.98. The zero-order valence-electron chi connectivity index (χ0n) is 17.9. The van der Waals surface area contributed by atoms with Gasteiger partial charge in [0.1, 0.15) is 17.9 Å². The number of likely N-dealkylation sites (tertiary alicyclic amines) is 1. The Bertz CT molecular complexity index is 1220. The van der Waals surface area contributed by atoms with E-state index in [0.29, 0.717) is 35.6 Å². The van der Waals surface area contributed by atoms with E-state index >= 15 is 0 Å². The number of rotatable bonds is 6. The molecule has 2 aromatic heterocycles. The summed E-state index contributed by atoms with van der Waals surface area (Å²) in [4.78, 5) is 32.3. The molecule has 0 spiro atoms. The van der Waals surface area contributed by atoms with Gasteiger partial charge < -0.3 is 9.80 Å². The van der Waals surface area contributed by atoms with Gasteiger partial charge in [-0.2, -0.15) is 18.3 Å². The standard InChI is InChI=1S/C22H21ClF3N5O2/c1-29(2)15-10-30(11-15)21(33)12-31-9-14-6-13(16(23)8-18(14)28-31)7-19(32)17-4-3-5-20(27-17)22(24,25)26/h3-6,8-9,15H,7,10-12H2,1-2H3. The smallest absolute Gasteiger partial charge is 0.338 e. The second-order valence-corrected chi connectivity index (χ2v) is 8.66. The van der Waals surface area contributed by atoms with Gasteiger partial charge in [0.2, 0.25) is 5.91 Å². The van der Waals surface area contributed by atoms with Crippen molar-refractivity contribution in [1.82, 2.24) is 24.6 Å². The number of nitrogens with zero attached hydrogens (tertiary/aromatic N) is 5. The Labute approximate surface area is 192 Å². The quantitative estimate of drug-likeness (QED) is 0.507. The first kappa shape index (κ1) is 23.2. The van der Waals surface area contributed by atoms with Crippen molar-refractivity contribution in [2.45, 2.75) is 25.2 Å². The topological polar surface area (TPSA) is 71.3 Å². The average molecular weight is 480 g/mol. The van der Waals surface area contributed by atoms with Crippen molar-refractivity contribution in [1.29, 1.82) is 0 Å². The van der Waals surface area contributed by atoms with Crippen molar-refractivity contribution in [3.05, 3.63) is 58.5 Å². The minimum absolute atomic E-state index is 0.0435. The molecule has 0 radical (unpaired) electrons. The molecule has 0 saturated carbocycles. The monoisotopic (exact) mass is 479 g/mol. The number of halogens is 4. The number of carbonyl (C=O) groups is 2. The van der Waals surface area contributed by atoms with Crippen LogP contribution in [0.5, 0.6) is 0 Å². The average Bonchev–Trinajstić information content (AvgIpc) is 3.06. The SMILES string of the molecule is CN(C)C1CN(C(=O)Cn2cc3cc(CC(=O)c4cccc(C(F)(F)F)n4)c(Cl)cc3n2)C1. The number of fused-ring (bicyclic) bond motifs is 1. The fourth-order valence-electron chi connectivity index (χ4n) is 3.60. The molecule has 0 atom stereocenters. The molecule has 0 aliphatic carbocycles. The number of benzene rings is 1. The molecule has 1 saturated heterocycles. The van der Waals surface area contributed by atoms with Gasteiger partial charge in [-0.1, -0.05) is 17.7 Å². The molecular weight excluding hydrogens is 459 g/mol. The van der Waals surface area contributed by atoms with E-state index in [1.165, 1.54) is 10.7 Å². The predicted octanol–water partition coefficient (Wildman–Crippen LogP) is 3.30. The normalized spacial score (nSPS) is 14.7. The van der Waals surface area contributed by atoms with Crippen LogP contribution in [0.2, 0.25) is 5.02 Å². The summed E-state index contributed by atoms with van der Waals surface area (Å²) in [5, 5.41) is 5.31. The highest BCUT2D eigenvalue weighted by Gasteiger charge is 2.33. The van der Waals surface area contributed by atoms with Gasteiger partial charge in [-0.25, -0.2) is 4.98 Å². The van der Waals surface area contributed by atoms with E-state index in [2.05, 4.69) is 15.0 Å². The molecule has 11 heteroatoms. The first-order valence-electron chi connectivity index (χ1n) is 10.2. The van der Waals surface area contributed by atoms with Gasteiger partial charge in [-0.15, -0.1) is 0 Å². The fraction of sp³-hybridized carbons (Fsp3) is 0.364. The Balaban J connectivity index is 1.48. The highest BCUT2D eigenvalue weighted by Crippen LogP contribution is 2.28. The number of amides is 1. The summed E-state index contributed by atoms with van der Waals surface area (Å²) in [6, 6.07) is 6.79. The maximum Gasteiger partial charge on any atom is 0.433 e. The van der Waals surface area contributed by atoms with E-state index in [1.807, 2.05) is 14.1 Å². The molecule has 174 valence electrons. The van der Waals surface area contributed by atoms with Crippen molar-refractivity contribution in [2.24, 2.45) is 0 Å². The number of likely N-dealkylation sites (N-methyl/N-ethyl adjacent to an activating group) is 1. The molecule has 7 nitrogen and oxygen atoms in total. The zero-order chi connectivity index (χ0) is 23.9. The molecule has 1 amide bonds. The van der Waals surface area contributed by atoms with E-state index in [4.69, 9.17) is 11.6 Å². The lowest BCUT2D eigenvalue weighted by molar-refractivity contribution is -0.141. The Morgan fingerprint density at radius 3 is 2.61 bits per heavy atom. The van der Waals surface area contributed by atoms with E-state index in [-0.39, 0.29) is 29.6 Å². The fourth-order valence-corrected chi connectivity index (χ4v) is 3.82. The molecule has 4 rings (SSSR count). The molecule has 33 heavy (non-hydrogen) atoms. The highest BCUT2D eigenvalue weighted by molar-refractivity contribution is 6.32. The van der Waals surface area contributed by atoms with E-state index in [0.717, 1.165) is 12.1 Å². The van der Waals surface area contributed by atoms with Crippen LogP contribution >= 0.6 is 11.6 Å². The predicted molar refractivity (Wildman–Crippen MR) is 116 cm³/mol. The molecule has 0 N–H and O–H groups in total. The molecule has 1 aliphatic heterocycles. The third-order valence-corrected chi connectivity index (χ3v) is 5.99. The molecule has 3 heterocycles. The van der Waals surface area contributed by atoms with Crippen molar-refractivity contribution >= 4 is 34.2 Å². The Morgan fingerprint density at radius 1 is 1.21 bits per heavy atom.